The van der Waals surface area contributed by atoms with E-state index in [1.165, 1.54) is 12.8 Å². The minimum atomic E-state index is -0.605. The second-order valence-electron chi connectivity index (χ2n) is 4.90. The van der Waals surface area contributed by atoms with Crippen molar-refractivity contribution in [3.63, 3.8) is 0 Å². The van der Waals surface area contributed by atoms with Crippen LogP contribution < -0.4 is 5.32 Å². The fourth-order valence-corrected chi connectivity index (χ4v) is 1.88. The first kappa shape index (κ1) is 10.9. The molecule has 15 heavy (non-hydrogen) atoms. The van der Waals surface area contributed by atoms with E-state index >= 15 is 0 Å². The first-order valence-corrected chi connectivity index (χ1v) is 5.84. The summed E-state index contributed by atoms with van der Waals surface area (Å²) in [6, 6.07) is 0. The molecule has 2 rings (SSSR count). The molecule has 1 aliphatic heterocycles. The highest BCUT2D eigenvalue weighted by Crippen LogP contribution is 2.27. The molecule has 1 aliphatic carbocycles. The van der Waals surface area contributed by atoms with Crippen LogP contribution in [0.5, 0.6) is 0 Å². The highest BCUT2D eigenvalue weighted by Gasteiger charge is 2.41. The van der Waals surface area contributed by atoms with Gasteiger partial charge < -0.3 is 15.3 Å². The molecule has 0 bridgehead atoms. The summed E-state index contributed by atoms with van der Waals surface area (Å²) in [6.07, 6.45) is 3.34. The summed E-state index contributed by atoms with van der Waals surface area (Å²) in [6.45, 7) is 4.36. The van der Waals surface area contributed by atoms with Crippen molar-refractivity contribution in [1.82, 2.24) is 10.2 Å². The number of β-amino-alcohol motifs (C(OH)–C–C–N with tert-alkyl or cyclic N) is 1. The largest absolute Gasteiger partial charge is 0.386 e. The number of nitrogens with one attached hydrogen (secondary N) is 1. The Morgan fingerprint density at radius 2 is 2.20 bits per heavy atom. The average molecular weight is 212 g/mol. The molecule has 2 fully saturated rings. The number of carbonyl (C=O) groups excluding carboxylic acids is 1. The topological polar surface area (TPSA) is 52.6 Å². The molecule has 86 valence electrons. The van der Waals surface area contributed by atoms with Gasteiger partial charge >= 0.3 is 0 Å². The number of aliphatic hydroxyl groups is 1. The molecule has 1 saturated heterocycles. The Hall–Kier alpha value is -0.610. The predicted octanol–water partition coefficient (Wildman–Crippen LogP) is -0.0307. The van der Waals surface area contributed by atoms with Crippen LogP contribution in [-0.2, 0) is 4.79 Å². The van der Waals surface area contributed by atoms with E-state index in [9.17, 15) is 9.90 Å². The van der Waals surface area contributed by atoms with Gasteiger partial charge in [-0.1, -0.05) is 6.92 Å². The van der Waals surface area contributed by atoms with Crippen molar-refractivity contribution in [3.8, 4) is 0 Å². The normalized spacial score (nSPS) is 23.7. The lowest BCUT2D eigenvalue weighted by atomic mass is 9.91. The van der Waals surface area contributed by atoms with Crippen molar-refractivity contribution in [1.29, 1.82) is 0 Å². The second-order valence-corrected chi connectivity index (χ2v) is 4.90. The van der Waals surface area contributed by atoms with E-state index in [2.05, 4.69) is 5.32 Å². The molecule has 1 amide bonds. The van der Waals surface area contributed by atoms with Gasteiger partial charge in [0.2, 0.25) is 5.91 Å². The number of hydrogen-bond acceptors (Lipinski definition) is 3. The SMILES string of the molecule is CCC1(O)CN(C(=O)CNCC2CC2)C1. The highest BCUT2D eigenvalue weighted by molar-refractivity contribution is 5.79. The zero-order valence-electron chi connectivity index (χ0n) is 9.33. The van der Waals surface area contributed by atoms with Crippen molar-refractivity contribution in [3.05, 3.63) is 0 Å². The molecule has 0 aromatic carbocycles. The monoisotopic (exact) mass is 212 g/mol. The zero-order valence-corrected chi connectivity index (χ0v) is 9.33. The lowest BCUT2D eigenvalue weighted by Gasteiger charge is -2.46. The van der Waals surface area contributed by atoms with Gasteiger partial charge in [0, 0.05) is 0 Å². The van der Waals surface area contributed by atoms with Crippen LogP contribution in [0.1, 0.15) is 26.2 Å². The van der Waals surface area contributed by atoms with Crippen molar-refractivity contribution in [2.45, 2.75) is 31.8 Å². The third-order valence-corrected chi connectivity index (χ3v) is 3.39. The molecule has 0 radical (unpaired) electrons. The van der Waals surface area contributed by atoms with Gasteiger partial charge in [0.25, 0.3) is 0 Å². The minimum absolute atomic E-state index is 0.119. The quantitative estimate of drug-likeness (QED) is 0.673. The van der Waals surface area contributed by atoms with Crippen molar-refractivity contribution < 1.29 is 9.90 Å². The Labute approximate surface area is 90.6 Å². The lowest BCUT2D eigenvalue weighted by molar-refractivity contribution is -0.154. The van der Waals surface area contributed by atoms with Crippen LogP contribution in [0.25, 0.3) is 0 Å². The molecule has 1 heterocycles. The summed E-state index contributed by atoms with van der Waals surface area (Å²) < 4.78 is 0. The zero-order chi connectivity index (χ0) is 10.9. The second kappa shape index (κ2) is 4.10. The van der Waals surface area contributed by atoms with Gasteiger partial charge in [-0.05, 0) is 31.7 Å². The van der Waals surface area contributed by atoms with Gasteiger partial charge in [-0.25, -0.2) is 0 Å². The van der Waals surface area contributed by atoms with Crippen LogP contribution in [0.3, 0.4) is 0 Å². The Kier molecular flexibility index (Phi) is 2.98. The van der Waals surface area contributed by atoms with Gasteiger partial charge in [0.05, 0.1) is 25.2 Å². The number of carbonyl (C=O) groups is 1. The van der Waals surface area contributed by atoms with Crippen molar-refractivity contribution >= 4 is 5.91 Å². The van der Waals surface area contributed by atoms with E-state index < -0.39 is 5.60 Å². The van der Waals surface area contributed by atoms with E-state index in [4.69, 9.17) is 0 Å². The number of amides is 1. The summed E-state index contributed by atoms with van der Waals surface area (Å²) in [4.78, 5) is 13.3. The Morgan fingerprint density at radius 3 is 2.73 bits per heavy atom. The van der Waals surface area contributed by atoms with Gasteiger partial charge in [0.15, 0.2) is 0 Å². The Bertz CT molecular complexity index is 245. The van der Waals surface area contributed by atoms with Crippen molar-refractivity contribution in [2.24, 2.45) is 5.92 Å². The molecule has 4 nitrogen and oxygen atoms in total. The van der Waals surface area contributed by atoms with E-state index in [0.29, 0.717) is 19.6 Å². The minimum Gasteiger partial charge on any atom is -0.386 e. The summed E-state index contributed by atoms with van der Waals surface area (Å²) in [7, 11) is 0. The van der Waals surface area contributed by atoms with Crippen LogP contribution in [0.2, 0.25) is 0 Å². The standard InChI is InChI=1S/C11H20N2O2/c1-2-11(15)7-13(8-11)10(14)6-12-5-9-3-4-9/h9,12,15H,2-8H2,1H3. The summed E-state index contributed by atoms with van der Waals surface area (Å²) in [5.41, 5.74) is -0.605. The summed E-state index contributed by atoms with van der Waals surface area (Å²) >= 11 is 0. The van der Waals surface area contributed by atoms with Crippen molar-refractivity contribution in [2.75, 3.05) is 26.2 Å². The molecule has 0 atom stereocenters. The molecule has 2 aliphatic rings. The van der Waals surface area contributed by atoms with Crippen LogP contribution in [0.4, 0.5) is 0 Å². The Balaban J connectivity index is 1.60. The first-order chi connectivity index (χ1) is 7.13. The Morgan fingerprint density at radius 1 is 1.53 bits per heavy atom. The van der Waals surface area contributed by atoms with E-state index in [1.54, 1.807) is 4.90 Å². The van der Waals surface area contributed by atoms with Crippen LogP contribution in [0.15, 0.2) is 0 Å². The maximum Gasteiger partial charge on any atom is 0.236 e. The van der Waals surface area contributed by atoms with E-state index in [-0.39, 0.29) is 5.91 Å². The smallest absolute Gasteiger partial charge is 0.236 e. The third kappa shape index (κ3) is 2.69. The average Bonchev–Trinajstić information content (AvgIpc) is 2.96. The van der Waals surface area contributed by atoms with Gasteiger partial charge in [-0.3, -0.25) is 4.79 Å². The molecular weight excluding hydrogens is 192 g/mol. The van der Waals surface area contributed by atoms with Gasteiger partial charge in [-0.15, -0.1) is 0 Å². The molecule has 0 unspecified atom stereocenters. The fraction of sp³-hybridized carbons (Fsp3) is 0.909. The van der Waals surface area contributed by atoms with E-state index in [0.717, 1.165) is 18.9 Å². The molecular formula is C11H20N2O2. The summed E-state index contributed by atoms with van der Waals surface area (Å²) in [5, 5.41) is 12.9. The molecule has 1 saturated carbocycles. The fourth-order valence-electron chi connectivity index (χ4n) is 1.88. The van der Waals surface area contributed by atoms with Crippen LogP contribution >= 0.6 is 0 Å². The first-order valence-electron chi connectivity index (χ1n) is 5.84. The lowest BCUT2D eigenvalue weighted by Crippen LogP contribution is -2.64. The maximum absolute atomic E-state index is 11.6. The van der Waals surface area contributed by atoms with E-state index in [1.807, 2.05) is 6.92 Å². The van der Waals surface area contributed by atoms with Gasteiger partial charge in [0.1, 0.15) is 0 Å². The molecule has 0 aromatic heterocycles. The molecule has 0 spiro atoms. The number of rotatable bonds is 5. The highest BCUT2D eigenvalue weighted by atomic mass is 16.3. The maximum atomic E-state index is 11.6. The van der Waals surface area contributed by atoms with Crippen LogP contribution in [-0.4, -0.2) is 47.7 Å². The summed E-state index contributed by atoms with van der Waals surface area (Å²) in [5.74, 6) is 0.926. The molecule has 2 N–H and O–H groups in total. The number of nitrogens with zero attached hydrogens (tertiary/aromatic N) is 1. The van der Waals surface area contributed by atoms with Gasteiger partial charge in [-0.2, -0.15) is 0 Å². The number of hydrogen-bond donors (Lipinski definition) is 2. The molecule has 4 heteroatoms. The molecule has 0 aromatic rings. The third-order valence-electron chi connectivity index (χ3n) is 3.39. The predicted molar refractivity (Wildman–Crippen MR) is 57.4 cm³/mol. The number of likely N-dealkylation sites (tertiary alicyclic amines) is 1. The van der Waals surface area contributed by atoms with Crippen LogP contribution in [0, 0.1) is 5.92 Å².